The fourth-order valence-electron chi connectivity index (χ4n) is 1.76. The molecule has 1 atom stereocenters. The molecule has 11 heavy (non-hydrogen) atoms. The Morgan fingerprint density at radius 2 is 2.18 bits per heavy atom. The van der Waals surface area contributed by atoms with Crippen LogP contribution in [0.25, 0.3) is 0 Å². The van der Waals surface area contributed by atoms with Crippen LogP contribution in [0.1, 0.15) is 19.3 Å². The van der Waals surface area contributed by atoms with Crippen LogP contribution in [-0.2, 0) is 0 Å². The fourth-order valence-corrected chi connectivity index (χ4v) is 1.76. The maximum absolute atomic E-state index is 3.77. The zero-order valence-corrected chi connectivity index (χ0v) is 7.13. The van der Waals surface area contributed by atoms with Gasteiger partial charge in [0.1, 0.15) is 0 Å². The molecule has 1 unspecified atom stereocenters. The minimum atomic E-state index is 0.741. The first-order valence-corrected chi connectivity index (χ1v) is 4.34. The molecule has 0 spiro atoms. The molecule has 1 rings (SSSR count). The van der Waals surface area contributed by atoms with Crippen molar-refractivity contribution in [1.82, 2.24) is 4.90 Å². The molecule has 0 aromatic heterocycles. The highest BCUT2D eigenvalue weighted by Gasteiger charge is 2.21. The molecule has 1 nitrogen and oxygen atoms in total. The van der Waals surface area contributed by atoms with Crippen LogP contribution in [0.4, 0.5) is 0 Å². The zero-order valence-electron chi connectivity index (χ0n) is 7.13. The molecule has 0 bridgehead atoms. The molecule has 0 N–H and O–H groups in total. The average Bonchev–Trinajstić information content (AvgIpc) is 2.39. The van der Waals surface area contributed by atoms with Gasteiger partial charge >= 0.3 is 0 Å². The van der Waals surface area contributed by atoms with Crippen molar-refractivity contribution in [3.63, 3.8) is 0 Å². The Labute approximate surface area is 69.4 Å². The first kappa shape index (κ1) is 8.54. The van der Waals surface area contributed by atoms with Gasteiger partial charge in [-0.3, -0.25) is 4.90 Å². The molecule has 62 valence electrons. The lowest BCUT2D eigenvalue weighted by Crippen LogP contribution is -2.28. The van der Waals surface area contributed by atoms with E-state index in [-0.39, 0.29) is 0 Å². The van der Waals surface area contributed by atoms with Crippen molar-refractivity contribution in [2.24, 2.45) is 0 Å². The molecule has 1 heterocycles. The summed E-state index contributed by atoms with van der Waals surface area (Å²) in [6.45, 7) is 9.80. The van der Waals surface area contributed by atoms with Crippen molar-refractivity contribution in [1.29, 1.82) is 0 Å². The monoisotopic (exact) mass is 151 g/mol. The van der Waals surface area contributed by atoms with Crippen molar-refractivity contribution in [2.45, 2.75) is 25.3 Å². The second-order valence-electron chi connectivity index (χ2n) is 3.10. The highest BCUT2D eigenvalue weighted by Crippen LogP contribution is 2.19. The van der Waals surface area contributed by atoms with Gasteiger partial charge in [-0.05, 0) is 25.8 Å². The Bertz CT molecular complexity index is 124. The third-order valence-electron chi connectivity index (χ3n) is 2.30. The fraction of sp³-hybridized carbons (Fsp3) is 0.600. The molecule has 1 aliphatic heterocycles. The molecule has 0 amide bonds. The standard InChI is InChI=1S/C10H17N/c1-3-6-10-7-5-9-11(10)8-4-2/h3-4,10H,1-2,5-9H2. The second kappa shape index (κ2) is 4.35. The summed E-state index contributed by atoms with van der Waals surface area (Å²) in [5.41, 5.74) is 0. The second-order valence-corrected chi connectivity index (χ2v) is 3.10. The SMILES string of the molecule is C=CCC1CCCN1CC=C. The smallest absolute Gasteiger partial charge is 0.0163 e. The van der Waals surface area contributed by atoms with Crippen LogP contribution in [0.2, 0.25) is 0 Å². The molecule has 1 fully saturated rings. The van der Waals surface area contributed by atoms with Crippen LogP contribution in [0.3, 0.4) is 0 Å². The third-order valence-corrected chi connectivity index (χ3v) is 2.30. The third kappa shape index (κ3) is 2.19. The minimum absolute atomic E-state index is 0.741. The number of hydrogen-bond acceptors (Lipinski definition) is 1. The zero-order chi connectivity index (χ0) is 8.10. The van der Waals surface area contributed by atoms with E-state index in [1.807, 2.05) is 12.2 Å². The number of rotatable bonds is 4. The lowest BCUT2D eigenvalue weighted by Gasteiger charge is -2.21. The molecular weight excluding hydrogens is 134 g/mol. The maximum Gasteiger partial charge on any atom is 0.0163 e. The minimum Gasteiger partial charge on any atom is -0.296 e. The largest absolute Gasteiger partial charge is 0.296 e. The van der Waals surface area contributed by atoms with E-state index in [0.717, 1.165) is 19.0 Å². The summed E-state index contributed by atoms with van der Waals surface area (Å²) in [6.07, 6.45) is 7.81. The van der Waals surface area contributed by atoms with Gasteiger partial charge in [0.05, 0.1) is 0 Å². The first-order chi connectivity index (χ1) is 5.38. The van der Waals surface area contributed by atoms with Gasteiger partial charge in [-0.15, -0.1) is 13.2 Å². The Hall–Kier alpha value is -0.560. The summed E-state index contributed by atoms with van der Waals surface area (Å²) in [6, 6.07) is 0.741. The number of likely N-dealkylation sites (tertiary alicyclic amines) is 1. The highest BCUT2D eigenvalue weighted by molar-refractivity contribution is 4.88. The molecule has 1 aliphatic rings. The van der Waals surface area contributed by atoms with Gasteiger partial charge in [0.25, 0.3) is 0 Å². The molecule has 0 aromatic rings. The maximum atomic E-state index is 3.77. The van der Waals surface area contributed by atoms with E-state index in [0.29, 0.717) is 0 Å². The Morgan fingerprint density at radius 1 is 1.36 bits per heavy atom. The summed E-state index contributed by atoms with van der Waals surface area (Å²) in [7, 11) is 0. The number of hydrogen-bond donors (Lipinski definition) is 0. The molecule has 0 radical (unpaired) electrons. The summed E-state index contributed by atoms with van der Waals surface area (Å²) >= 11 is 0. The van der Waals surface area contributed by atoms with Gasteiger partial charge in [-0.2, -0.15) is 0 Å². The Morgan fingerprint density at radius 3 is 2.82 bits per heavy atom. The van der Waals surface area contributed by atoms with Crippen LogP contribution < -0.4 is 0 Å². The summed E-state index contributed by atoms with van der Waals surface area (Å²) in [5, 5.41) is 0. The van der Waals surface area contributed by atoms with E-state index < -0.39 is 0 Å². The lowest BCUT2D eigenvalue weighted by atomic mass is 10.1. The lowest BCUT2D eigenvalue weighted by molar-refractivity contribution is 0.282. The first-order valence-electron chi connectivity index (χ1n) is 4.34. The van der Waals surface area contributed by atoms with E-state index in [1.54, 1.807) is 0 Å². The number of nitrogens with zero attached hydrogens (tertiary/aromatic N) is 1. The van der Waals surface area contributed by atoms with Crippen molar-refractivity contribution >= 4 is 0 Å². The average molecular weight is 151 g/mol. The molecule has 0 aliphatic carbocycles. The van der Waals surface area contributed by atoms with Crippen molar-refractivity contribution < 1.29 is 0 Å². The van der Waals surface area contributed by atoms with Gasteiger partial charge in [-0.1, -0.05) is 12.2 Å². The van der Waals surface area contributed by atoms with Gasteiger partial charge in [0, 0.05) is 12.6 Å². The van der Waals surface area contributed by atoms with Crippen LogP contribution in [-0.4, -0.2) is 24.0 Å². The summed E-state index contributed by atoms with van der Waals surface area (Å²) < 4.78 is 0. The Kier molecular flexibility index (Phi) is 3.37. The van der Waals surface area contributed by atoms with Gasteiger partial charge in [0.15, 0.2) is 0 Å². The van der Waals surface area contributed by atoms with Crippen LogP contribution in [0, 0.1) is 0 Å². The van der Waals surface area contributed by atoms with Crippen LogP contribution in [0.15, 0.2) is 25.3 Å². The van der Waals surface area contributed by atoms with Gasteiger partial charge < -0.3 is 0 Å². The van der Waals surface area contributed by atoms with Crippen LogP contribution >= 0.6 is 0 Å². The van der Waals surface area contributed by atoms with Crippen molar-refractivity contribution in [3.05, 3.63) is 25.3 Å². The summed E-state index contributed by atoms with van der Waals surface area (Å²) in [4.78, 5) is 2.48. The van der Waals surface area contributed by atoms with Gasteiger partial charge in [0.2, 0.25) is 0 Å². The van der Waals surface area contributed by atoms with E-state index in [1.165, 1.54) is 19.4 Å². The van der Waals surface area contributed by atoms with E-state index in [9.17, 15) is 0 Å². The normalized spacial score (nSPS) is 25.3. The van der Waals surface area contributed by atoms with E-state index in [2.05, 4.69) is 18.1 Å². The molecule has 0 saturated carbocycles. The summed E-state index contributed by atoms with van der Waals surface area (Å²) in [5.74, 6) is 0. The van der Waals surface area contributed by atoms with E-state index in [4.69, 9.17) is 0 Å². The van der Waals surface area contributed by atoms with Crippen molar-refractivity contribution in [3.8, 4) is 0 Å². The predicted molar refractivity (Wildman–Crippen MR) is 49.6 cm³/mol. The topological polar surface area (TPSA) is 3.24 Å². The molecular formula is C10H17N. The van der Waals surface area contributed by atoms with Gasteiger partial charge in [-0.25, -0.2) is 0 Å². The van der Waals surface area contributed by atoms with Crippen molar-refractivity contribution in [2.75, 3.05) is 13.1 Å². The highest BCUT2D eigenvalue weighted by atomic mass is 15.2. The quantitative estimate of drug-likeness (QED) is 0.557. The van der Waals surface area contributed by atoms with E-state index >= 15 is 0 Å². The predicted octanol–water partition coefficient (Wildman–Crippen LogP) is 2.21. The Balaban J connectivity index is 2.36. The van der Waals surface area contributed by atoms with Crippen LogP contribution in [0.5, 0.6) is 0 Å². The molecule has 1 saturated heterocycles. The molecule has 0 aromatic carbocycles. The molecule has 1 heteroatoms.